The molecule has 3 rings (SSSR count). The maximum Gasteiger partial charge on any atom is 0.253 e. The highest BCUT2D eigenvalue weighted by Gasteiger charge is 2.24. The van der Waals surface area contributed by atoms with Crippen molar-refractivity contribution in [1.29, 1.82) is 0 Å². The van der Waals surface area contributed by atoms with E-state index in [2.05, 4.69) is 10.0 Å². The summed E-state index contributed by atoms with van der Waals surface area (Å²) < 4.78 is 33.0. The molecule has 1 aromatic carbocycles. The molecule has 0 aliphatic carbocycles. The Morgan fingerprint density at radius 2 is 2.23 bits per heavy atom. The second kappa shape index (κ2) is 9.14. The van der Waals surface area contributed by atoms with Gasteiger partial charge in [-0.3, -0.25) is 4.79 Å². The first-order valence-corrected chi connectivity index (χ1v) is 10.2. The van der Waals surface area contributed by atoms with Crippen LogP contribution in [0.3, 0.4) is 0 Å². The molecule has 2 aliphatic heterocycles. The molecule has 2 atom stereocenters. The fraction of sp³-hybridized carbons (Fsp3) is 0.588. The minimum atomic E-state index is -3.66. The van der Waals surface area contributed by atoms with Gasteiger partial charge in [0.1, 0.15) is 0 Å². The van der Waals surface area contributed by atoms with Crippen LogP contribution < -0.4 is 10.0 Å². The Morgan fingerprint density at radius 3 is 2.92 bits per heavy atom. The summed E-state index contributed by atoms with van der Waals surface area (Å²) in [5, 5.41) is 3.29. The highest BCUT2D eigenvalue weighted by Crippen LogP contribution is 2.16. The van der Waals surface area contributed by atoms with Crippen LogP contribution in [-0.4, -0.2) is 64.2 Å². The molecular weight excluding hydrogens is 378 g/mol. The van der Waals surface area contributed by atoms with Gasteiger partial charge in [0, 0.05) is 44.4 Å². The first-order chi connectivity index (χ1) is 12.0. The van der Waals surface area contributed by atoms with Crippen LogP contribution in [0.4, 0.5) is 0 Å². The summed E-state index contributed by atoms with van der Waals surface area (Å²) in [6.07, 6.45) is 1.75. The number of amides is 1. The zero-order chi connectivity index (χ0) is 17.9. The summed E-state index contributed by atoms with van der Waals surface area (Å²) in [7, 11) is -3.66. The van der Waals surface area contributed by atoms with Crippen LogP contribution >= 0.6 is 12.4 Å². The van der Waals surface area contributed by atoms with Crippen molar-refractivity contribution in [2.45, 2.75) is 36.8 Å². The van der Waals surface area contributed by atoms with Crippen molar-refractivity contribution in [2.24, 2.45) is 0 Å². The molecule has 2 saturated heterocycles. The number of carbonyl (C=O) groups excluding carboxylic acids is 1. The van der Waals surface area contributed by atoms with Crippen molar-refractivity contribution in [3.05, 3.63) is 29.8 Å². The van der Waals surface area contributed by atoms with Crippen molar-refractivity contribution >= 4 is 28.3 Å². The van der Waals surface area contributed by atoms with Gasteiger partial charge in [-0.15, -0.1) is 12.4 Å². The van der Waals surface area contributed by atoms with E-state index in [1.165, 1.54) is 12.1 Å². The molecule has 0 aromatic heterocycles. The number of rotatable bonds is 5. The van der Waals surface area contributed by atoms with Crippen LogP contribution in [0.5, 0.6) is 0 Å². The quantitative estimate of drug-likeness (QED) is 0.765. The molecule has 0 radical (unpaired) electrons. The average Bonchev–Trinajstić information content (AvgIpc) is 3.13. The van der Waals surface area contributed by atoms with E-state index in [1.807, 2.05) is 6.92 Å². The Hall–Kier alpha value is -1.19. The van der Waals surface area contributed by atoms with E-state index in [0.717, 1.165) is 19.4 Å². The van der Waals surface area contributed by atoms with Gasteiger partial charge in [-0.2, -0.15) is 0 Å². The number of halogens is 1. The van der Waals surface area contributed by atoms with E-state index in [9.17, 15) is 13.2 Å². The van der Waals surface area contributed by atoms with E-state index in [1.54, 1.807) is 17.0 Å². The SMILES string of the molecule is C[C@@H]1CN(C(=O)c2cccc(S(=O)(=O)NCC3CCCO3)c2)CCN1.Cl. The molecule has 1 amide bonds. The van der Waals surface area contributed by atoms with E-state index in [-0.39, 0.29) is 41.9 Å². The number of piperazine rings is 1. The maximum absolute atomic E-state index is 12.7. The second-order valence-corrected chi connectivity index (χ2v) is 8.39. The number of ether oxygens (including phenoxy) is 1. The van der Waals surface area contributed by atoms with Gasteiger partial charge in [0.05, 0.1) is 11.0 Å². The lowest BCUT2D eigenvalue weighted by atomic mass is 10.1. The lowest BCUT2D eigenvalue weighted by molar-refractivity contribution is 0.0709. The lowest BCUT2D eigenvalue weighted by Gasteiger charge is -2.32. The molecular formula is C17H26ClN3O4S. The molecule has 9 heteroatoms. The van der Waals surface area contributed by atoms with Gasteiger partial charge < -0.3 is 15.0 Å². The fourth-order valence-electron chi connectivity index (χ4n) is 3.19. The van der Waals surface area contributed by atoms with E-state index < -0.39 is 10.0 Å². The molecule has 26 heavy (non-hydrogen) atoms. The first-order valence-electron chi connectivity index (χ1n) is 8.70. The van der Waals surface area contributed by atoms with Crippen molar-refractivity contribution < 1.29 is 17.9 Å². The van der Waals surface area contributed by atoms with Crippen LogP contribution in [0, 0.1) is 0 Å². The summed E-state index contributed by atoms with van der Waals surface area (Å²) >= 11 is 0. The summed E-state index contributed by atoms with van der Waals surface area (Å²) in [5.74, 6) is -0.135. The lowest BCUT2D eigenvalue weighted by Crippen LogP contribution is -2.51. The Labute approximate surface area is 160 Å². The number of nitrogens with one attached hydrogen (secondary N) is 2. The fourth-order valence-corrected chi connectivity index (χ4v) is 4.30. The number of benzene rings is 1. The molecule has 0 bridgehead atoms. The van der Waals surface area contributed by atoms with Crippen LogP contribution in [0.1, 0.15) is 30.1 Å². The van der Waals surface area contributed by atoms with Gasteiger partial charge in [0.15, 0.2) is 0 Å². The summed E-state index contributed by atoms with van der Waals surface area (Å²) in [5.41, 5.74) is 0.397. The number of hydrogen-bond donors (Lipinski definition) is 2. The van der Waals surface area contributed by atoms with Gasteiger partial charge in [0.2, 0.25) is 10.0 Å². The van der Waals surface area contributed by atoms with E-state index in [4.69, 9.17) is 4.74 Å². The topological polar surface area (TPSA) is 87.7 Å². The molecule has 0 spiro atoms. The highest BCUT2D eigenvalue weighted by atomic mass is 35.5. The molecule has 1 aromatic rings. The Kier molecular flexibility index (Phi) is 7.42. The monoisotopic (exact) mass is 403 g/mol. The number of sulfonamides is 1. The zero-order valence-corrected chi connectivity index (χ0v) is 16.4. The zero-order valence-electron chi connectivity index (χ0n) is 14.8. The summed E-state index contributed by atoms with van der Waals surface area (Å²) in [6, 6.07) is 6.47. The van der Waals surface area contributed by atoms with Gasteiger partial charge in [0.25, 0.3) is 5.91 Å². The third-order valence-electron chi connectivity index (χ3n) is 4.57. The molecule has 2 fully saturated rings. The standard InChI is InChI=1S/C17H25N3O4S.ClH/c1-13-12-20(8-7-18-13)17(21)14-4-2-6-16(10-14)25(22,23)19-11-15-5-3-9-24-15;/h2,4,6,10,13,15,18-19H,3,5,7-9,11-12H2,1H3;1H/t13-,15?;/m1./s1. The van der Waals surface area contributed by atoms with Crippen LogP contribution in [0.25, 0.3) is 0 Å². The van der Waals surface area contributed by atoms with Crippen molar-refractivity contribution in [3.63, 3.8) is 0 Å². The predicted molar refractivity (Wildman–Crippen MR) is 101 cm³/mol. The summed E-state index contributed by atoms with van der Waals surface area (Å²) in [4.78, 5) is 14.5. The van der Waals surface area contributed by atoms with Crippen LogP contribution in [0.2, 0.25) is 0 Å². The van der Waals surface area contributed by atoms with Crippen LogP contribution in [-0.2, 0) is 14.8 Å². The second-order valence-electron chi connectivity index (χ2n) is 6.62. The van der Waals surface area contributed by atoms with Gasteiger partial charge in [-0.25, -0.2) is 13.1 Å². The normalized spacial score (nSPS) is 23.5. The molecule has 7 nitrogen and oxygen atoms in total. The first kappa shape index (κ1) is 21.1. The largest absolute Gasteiger partial charge is 0.377 e. The molecule has 2 aliphatic rings. The van der Waals surface area contributed by atoms with Gasteiger partial charge in [-0.05, 0) is 38.0 Å². The summed E-state index contributed by atoms with van der Waals surface area (Å²) in [6.45, 7) is 4.95. The van der Waals surface area contributed by atoms with Crippen molar-refractivity contribution in [2.75, 3.05) is 32.8 Å². The third-order valence-corrected chi connectivity index (χ3v) is 5.99. The smallest absolute Gasteiger partial charge is 0.253 e. The van der Waals surface area contributed by atoms with Gasteiger partial charge in [-0.1, -0.05) is 6.07 Å². The maximum atomic E-state index is 12.7. The Morgan fingerprint density at radius 1 is 1.42 bits per heavy atom. The van der Waals surface area contributed by atoms with Crippen molar-refractivity contribution in [1.82, 2.24) is 14.9 Å². The van der Waals surface area contributed by atoms with E-state index in [0.29, 0.717) is 25.3 Å². The number of hydrogen-bond acceptors (Lipinski definition) is 5. The average molecular weight is 404 g/mol. The molecule has 2 N–H and O–H groups in total. The number of carbonyl (C=O) groups is 1. The van der Waals surface area contributed by atoms with E-state index >= 15 is 0 Å². The molecule has 0 saturated carbocycles. The van der Waals surface area contributed by atoms with Crippen molar-refractivity contribution in [3.8, 4) is 0 Å². The Bertz CT molecular complexity index is 722. The third kappa shape index (κ3) is 5.17. The number of nitrogens with zero attached hydrogens (tertiary/aromatic N) is 1. The highest BCUT2D eigenvalue weighted by molar-refractivity contribution is 7.89. The van der Waals surface area contributed by atoms with Gasteiger partial charge >= 0.3 is 0 Å². The minimum absolute atomic E-state index is 0. The molecule has 146 valence electrons. The predicted octanol–water partition coefficient (Wildman–Crippen LogP) is 1.000. The minimum Gasteiger partial charge on any atom is -0.377 e. The van der Waals surface area contributed by atoms with Crippen LogP contribution in [0.15, 0.2) is 29.2 Å². The molecule has 1 unspecified atom stereocenters. The Balaban J connectivity index is 0.00000243. The molecule has 2 heterocycles.